The van der Waals surface area contributed by atoms with Crippen LogP contribution in [0.25, 0.3) is 0 Å². The van der Waals surface area contributed by atoms with E-state index in [1.807, 2.05) is 0 Å². The molecule has 1 heterocycles. The van der Waals surface area contributed by atoms with Gasteiger partial charge in [0.05, 0.1) is 0 Å². The molecule has 0 radical (unpaired) electrons. The van der Waals surface area contributed by atoms with Gasteiger partial charge in [0.1, 0.15) is 12.4 Å². The van der Waals surface area contributed by atoms with Crippen LogP contribution >= 0.6 is 11.6 Å². The minimum Gasteiger partial charge on any atom is -0.473 e. The predicted molar refractivity (Wildman–Crippen MR) is 60.0 cm³/mol. The number of hydrogen-bond acceptors (Lipinski definition) is 2. The third kappa shape index (κ3) is 2.70. The van der Waals surface area contributed by atoms with E-state index in [4.69, 9.17) is 16.3 Å². The van der Waals surface area contributed by atoms with Gasteiger partial charge >= 0.3 is 0 Å². The lowest BCUT2D eigenvalue weighted by Gasteiger charge is -2.05. The summed E-state index contributed by atoms with van der Waals surface area (Å²) in [6, 6.07) is 9.80. The van der Waals surface area contributed by atoms with Crippen molar-refractivity contribution in [3.05, 3.63) is 59.0 Å². The van der Waals surface area contributed by atoms with Crippen LogP contribution in [0.5, 0.6) is 5.88 Å². The Kier molecular flexibility index (Phi) is 3.37. The first-order valence-electron chi connectivity index (χ1n) is 4.73. The molecule has 0 aliphatic rings. The molecule has 82 valence electrons. The molecule has 0 bridgehead atoms. The molecule has 0 atom stereocenters. The van der Waals surface area contributed by atoms with Gasteiger partial charge in [-0.05, 0) is 18.2 Å². The Labute approximate surface area is 97.7 Å². The summed E-state index contributed by atoms with van der Waals surface area (Å²) in [5.74, 6) is 0.0975. The lowest BCUT2D eigenvalue weighted by atomic mass is 10.2. The normalized spacial score (nSPS) is 10.1. The Hall–Kier alpha value is -1.61. The van der Waals surface area contributed by atoms with Gasteiger partial charge in [0.15, 0.2) is 0 Å². The first kappa shape index (κ1) is 10.9. The molecule has 0 aliphatic carbocycles. The average molecular weight is 238 g/mol. The standard InChI is InChI=1S/C12H9ClFNO/c13-10-5-4-9(11(14)7-10)8-16-12-3-1-2-6-15-12/h1-7H,8H2. The van der Waals surface area contributed by atoms with E-state index in [1.165, 1.54) is 6.07 Å². The molecule has 2 nitrogen and oxygen atoms in total. The van der Waals surface area contributed by atoms with Crippen LogP contribution in [0.2, 0.25) is 5.02 Å². The predicted octanol–water partition coefficient (Wildman–Crippen LogP) is 3.45. The summed E-state index contributed by atoms with van der Waals surface area (Å²) in [7, 11) is 0. The van der Waals surface area contributed by atoms with Crippen LogP contribution in [0.4, 0.5) is 4.39 Å². The van der Waals surface area contributed by atoms with E-state index in [0.29, 0.717) is 16.5 Å². The summed E-state index contributed by atoms with van der Waals surface area (Å²) in [6.45, 7) is 0.139. The lowest BCUT2D eigenvalue weighted by molar-refractivity contribution is 0.288. The second kappa shape index (κ2) is 4.94. The monoisotopic (exact) mass is 237 g/mol. The molecular formula is C12H9ClFNO. The Morgan fingerprint density at radius 3 is 2.81 bits per heavy atom. The fourth-order valence-electron chi connectivity index (χ4n) is 1.22. The molecule has 0 spiro atoms. The molecule has 16 heavy (non-hydrogen) atoms. The zero-order chi connectivity index (χ0) is 11.4. The van der Waals surface area contributed by atoms with Crippen LogP contribution in [-0.2, 0) is 6.61 Å². The average Bonchev–Trinajstić information content (AvgIpc) is 2.29. The summed E-state index contributed by atoms with van der Waals surface area (Å²) < 4.78 is 18.7. The molecule has 0 N–H and O–H groups in total. The molecule has 0 saturated carbocycles. The SMILES string of the molecule is Fc1cc(Cl)ccc1COc1ccccn1. The molecule has 2 rings (SSSR count). The Bertz CT molecular complexity index is 476. The number of aromatic nitrogens is 1. The quantitative estimate of drug-likeness (QED) is 0.816. The second-order valence-corrected chi connectivity index (χ2v) is 3.63. The zero-order valence-corrected chi connectivity index (χ0v) is 9.12. The van der Waals surface area contributed by atoms with E-state index in [0.717, 1.165) is 0 Å². The highest BCUT2D eigenvalue weighted by Gasteiger charge is 2.03. The third-order valence-corrected chi connectivity index (χ3v) is 2.26. The number of nitrogens with zero attached hydrogens (tertiary/aromatic N) is 1. The zero-order valence-electron chi connectivity index (χ0n) is 8.36. The summed E-state index contributed by atoms with van der Waals surface area (Å²) in [4.78, 5) is 3.97. The molecule has 1 aromatic heterocycles. The number of hydrogen-bond donors (Lipinski definition) is 0. The lowest BCUT2D eigenvalue weighted by Crippen LogP contribution is -1.99. The van der Waals surface area contributed by atoms with Crippen molar-refractivity contribution in [2.45, 2.75) is 6.61 Å². The molecule has 0 saturated heterocycles. The van der Waals surface area contributed by atoms with Gasteiger partial charge in [0.25, 0.3) is 0 Å². The highest BCUT2D eigenvalue weighted by atomic mass is 35.5. The van der Waals surface area contributed by atoms with Gasteiger partial charge in [-0.15, -0.1) is 0 Å². The Balaban J connectivity index is 2.05. The van der Waals surface area contributed by atoms with E-state index in [9.17, 15) is 4.39 Å². The fraction of sp³-hybridized carbons (Fsp3) is 0.0833. The van der Waals surface area contributed by atoms with E-state index < -0.39 is 0 Å². The van der Waals surface area contributed by atoms with Gasteiger partial charge in [0, 0.05) is 22.8 Å². The van der Waals surface area contributed by atoms with Crippen LogP contribution in [0.15, 0.2) is 42.6 Å². The molecule has 0 aliphatic heterocycles. The van der Waals surface area contributed by atoms with Crippen LogP contribution < -0.4 is 4.74 Å². The Morgan fingerprint density at radius 2 is 2.12 bits per heavy atom. The highest BCUT2D eigenvalue weighted by molar-refractivity contribution is 6.30. The molecular weight excluding hydrogens is 229 g/mol. The maximum atomic E-state index is 13.4. The van der Waals surface area contributed by atoms with Gasteiger partial charge in [-0.3, -0.25) is 0 Å². The van der Waals surface area contributed by atoms with Crippen molar-refractivity contribution in [1.29, 1.82) is 0 Å². The molecule has 1 aromatic carbocycles. The summed E-state index contributed by atoms with van der Waals surface area (Å²) in [5, 5.41) is 0.374. The van der Waals surface area contributed by atoms with E-state index in [2.05, 4.69) is 4.98 Å². The topological polar surface area (TPSA) is 22.1 Å². The van der Waals surface area contributed by atoms with Crippen molar-refractivity contribution in [3.63, 3.8) is 0 Å². The van der Waals surface area contributed by atoms with Gasteiger partial charge < -0.3 is 4.74 Å². The number of pyridine rings is 1. The second-order valence-electron chi connectivity index (χ2n) is 3.19. The summed E-state index contributed by atoms with van der Waals surface area (Å²) in [6.07, 6.45) is 1.62. The van der Waals surface area contributed by atoms with Crippen molar-refractivity contribution >= 4 is 11.6 Å². The van der Waals surface area contributed by atoms with E-state index >= 15 is 0 Å². The Morgan fingerprint density at radius 1 is 1.25 bits per heavy atom. The largest absolute Gasteiger partial charge is 0.473 e. The maximum absolute atomic E-state index is 13.4. The number of halogens is 2. The first-order valence-corrected chi connectivity index (χ1v) is 5.11. The fourth-order valence-corrected chi connectivity index (χ4v) is 1.38. The van der Waals surface area contributed by atoms with Crippen LogP contribution in [-0.4, -0.2) is 4.98 Å². The summed E-state index contributed by atoms with van der Waals surface area (Å²) in [5.41, 5.74) is 0.454. The van der Waals surface area contributed by atoms with Crippen LogP contribution in [0.1, 0.15) is 5.56 Å². The molecule has 4 heteroatoms. The third-order valence-electron chi connectivity index (χ3n) is 2.03. The highest BCUT2D eigenvalue weighted by Crippen LogP contribution is 2.16. The summed E-state index contributed by atoms with van der Waals surface area (Å²) >= 11 is 5.64. The van der Waals surface area contributed by atoms with Gasteiger partial charge in [-0.1, -0.05) is 23.7 Å². The van der Waals surface area contributed by atoms with Crippen LogP contribution in [0, 0.1) is 5.82 Å². The number of rotatable bonds is 3. The van der Waals surface area contributed by atoms with Crippen molar-refractivity contribution in [3.8, 4) is 5.88 Å². The minimum absolute atomic E-state index is 0.139. The van der Waals surface area contributed by atoms with Crippen molar-refractivity contribution in [1.82, 2.24) is 4.98 Å². The van der Waals surface area contributed by atoms with Crippen molar-refractivity contribution in [2.24, 2.45) is 0 Å². The minimum atomic E-state index is -0.372. The number of benzene rings is 1. The van der Waals surface area contributed by atoms with Gasteiger partial charge in [0.2, 0.25) is 5.88 Å². The molecule has 0 unspecified atom stereocenters. The van der Waals surface area contributed by atoms with Crippen LogP contribution in [0.3, 0.4) is 0 Å². The van der Waals surface area contributed by atoms with Gasteiger partial charge in [-0.25, -0.2) is 9.37 Å². The molecule has 0 fully saturated rings. The smallest absolute Gasteiger partial charge is 0.213 e. The molecule has 0 amide bonds. The van der Waals surface area contributed by atoms with E-state index in [-0.39, 0.29) is 12.4 Å². The van der Waals surface area contributed by atoms with Crippen molar-refractivity contribution in [2.75, 3.05) is 0 Å². The van der Waals surface area contributed by atoms with E-state index in [1.54, 1.807) is 36.5 Å². The van der Waals surface area contributed by atoms with Gasteiger partial charge in [-0.2, -0.15) is 0 Å². The van der Waals surface area contributed by atoms with Crippen molar-refractivity contribution < 1.29 is 9.13 Å². The molecule has 2 aromatic rings. The first-order chi connectivity index (χ1) is 7.75. The maximum Gasteiger partial charge on any atom is 0.213 e. The number of ether oxygens (including phenoxy) is 1.